The van der Waals surface area contributed by atoms with Gasteiger partial charge in [-0.2, -0.15) is 4.98 Å². The standard InChI is InChI=1S/C45H53ClN10O6S/c1-62-39-26-34(9-11-37(39)49-45-47-27-36(46)42(51-45)48-38-8-4-5-29-14-20-56(41(29)38)63(2,60)61)52-18-15-32(16-19-52)53-21-23-54(24-22-53)44(59)31-13-17-55(28-31)33-7-3-6-30(25-33)35-10-12-40(57)50-43(35)58/h3-9,11,25-27,31-32,35H,10,12-24,28H2,1-2H3,(H,50,57,58)(H2,47,48,49,51)/t31-,35?/m1/s1. The fourth-order valence-corrected chi connectivity index (χ4v) is 10.9. The molecular formula is C45H53ClN10O6S. The second-order valence-electron chi connectivity index (χ2n) is 17.0. The van der Waals surface area contributed by atoms with Crippen LogP contribution in [0.25, 0.3) is 0 Å². The summed E-state index contributed by atoms with van der Waals surface area (Å²) in [5, 5.41) is 9.26. The summed E-state index contributed by atoms with van der Waals surface area (Å²) >= 11 is 6.53. The molecule has 1 aromatic heterocycles. The van der Waals surface area contributed by atoms with Gasteiger partial charge in [0.1, 0.15) is 10.8 Å². The predicted octanol–water partition coefficient (Wildman–Crippen LogP) is 5.11. The lowest BCUT2D eigenvalue weighted by molar-refractivity contribution is -0.137. The van der Waals surface area contributed by atoms with Crippen molar-refractivity contribution in [3.63, 3.8) is 0 Å². The Hall–Kier alpha value is -5.65. The van der Waals surface area contributed by atoms with Gasteiger partial charge in [0.15, 0.2) is 5.82 Å². The maximum atomic E-state index is 13.7. The quantitative estimate of drug-likeness (QED) is 0.170. The average molecular weight is 898 g/mol. The Labute approximate surface area is 373 Å². The first-order valence-corrected chi connectivity index (χ1v) is 23.9. The molecule has 3 amide bonds. The molecule has 0 saturated carbocycles. The first kappa shape index (κ1) is 42.6. The van der Waals surface area contributed by atoms with Gasteiger partial charge in [0.05, 0.1) is 48.5 Å². The number of amides is 3. The summed E-state index contributed by atoms with van der Waals surface area (Å²) < 4.78 is 32.3. The third kappa shape index (κ3) is 9.09. The van der Waals surface area contributed by atoms with Gasteiger partial charge in [0.25, 0.3) is 0 Å². The van der Waals surface area contributed by atoms with E-state index < -0.39 is 10.0 Å². The van der Waals surface area contributed by atoms with Crippen LogP contribution in [0.2, 0.25) is 5.02 Å². The van der Waals surface area contributed by atoms with Gasteiger partial charge in [-0.05, 0) is 73.6 Å². The Morgan fingerprint density at radius 1 is 0.841 bits per heavy atom. The molecule has 4 fully saturated rings. The molecule has 5 aliphatic heterocycles. The van der Waals surface area contributed by atoms with Gasteiger partial charge in [-0.25, -0.2) is 13.4 Å². The Balaban J connectivity index is 0.760. The fraction of sp³-hybridized carbons (Fsp3) is 0.444. The summed E-state index contributed by atoms with van der Waals surface area (Å²) in [7, 11) is -1.83. The SMILES string of the molecule is COc1cc(N2CCC(N3CCN(C(=O)[C@@H]4CCN(c5cccc(C6CCC(=O)NC6=O)c5)C4)CC3)CC2)ccc1Nc1ncc(Cl)c(Nc2cccc3c2N(S(C)(=O)=O)CC3)n1. The molecule has 3 aromatic carbocycles. The Morgan fingerprint density at radius 3 is 2.37 bits per heavy atom. The highest BCUT2D eigenvalue weighted by Gasteiger charge is 2.36. The van der Waals surface area contributed by atoms with E-state index in [1.54, 1.807) is 7.11 Å². The summed E-state index contributed by atoms with van der Waals surface area (Å²) in [5.41, 5.74) is 5.80. The number of nitrogens with one attached hydrogen (secondary N) is 3. The van der Waals surface area contributed by atoms with E-state index >= 15 is 0 Å². The van der Waals surface area contributed by atoms with Gasteiger partial charge >= 0.3 is 0 Å². The highest BCUT2D eigenvalue weighted by Crippen LogP contribution is 2.40. The number of piperazine rings is 1. The maximum absolute atomic E-state index is 13.7. The van der Waals surface area contributed by atoms with Crippen LogP contribution in [0.1, 0.15) is 49.1 Å². The summed E-state index contributed by atoms with van der Waals surface area (Å²) in [4.78, 5) is 56.2. The predicted molar refractivity (Wildman–Crippen MR) is 244 cm³/mol. The van der Waals surface area contributed by atoms with Crippen LogP contribution in [-0.2, 0) is 30.8 Å². The van der Waals surface area contributed by atoms with Crippen molar-refractivity contribution < 1.29 is 27.5 Å². The van der Waals surface area contributed by atoms with Crippen LogP contribution >= 0.6 is 11.6 Å². The molecule has 0 aliphatic carbocycles. The van der Waals surface area contributed by atoms with E-state index in [0.29, 0.717) is 73.0 Å². The van der Waals surface area contributed by atoms with E-state index in [0.717, 1.165) is 87.6 Å². The second-order valence-corrected chi connectivity index (χ2v) is 19.3. The fourth-order valence-electron chi connectivity index (χ4n) is 9.80. The minimum atomic E-state index is -3.47. The van der Waals surface area contributed by atoms with E-state index in [2.05, 4.69) is 51.6 Å². The first-order chi connectivity index (χ1) is 30.4. The minimum absolute atomic E-state index is 0.0526. The Kier molecular flexibility index (Phi) is 12.1. The number of aromatic nitrogens is 2. The molecule has 0 spiro atoms. The number of nitrogens with zero attached hydrogens (tertiary/aromatic N) is 7. The lowest BCUT2D eigenvalue weighted by Gasteiger charge is -2.43. The number of para-hydroxylation sites is 1. The van der Waals surface area contributed by atoms with Crippen molar-refractivity contribution >= 4 is 79.5 Å². The molecule has 3 N–H and O–H groups in total. The number of benzene rings is 3. The number of carbonyl (C=O) groups excluding carboxylic acids is 3. The molecule has 0 bridgehead atoms. The van der Waals surface area contributed by atoms with Crippen molar-refractivity contribution in [2.45, 2.75) is 50.5 Å². The number of methoxy groups -OCH3 is 1. The van der Waals surface area contributed by atoms with Crippen LogP contribution < -0.4 is 34.8 Å². The van der Waals surface area contributed by atoms with Crippen LogP contribution in [0.15, 0.2) is 66.9 Å². The van der Waals surface area contributed by atoms with Crippen molar-refractivity contribution in [1.82, 2.24) is 25.1 Å². The van der Waals surface area contributed by atoms with Crippen LogP contribution in [-0.4, -0.2) is 124 Å². The van der Waals surface area contributed by atoms with Crippen molar-refractivity contribution in [3.8, 4) is 5.75 Å². The highest BCUT2D eigenvalue weighted by atomic mass is 35.5. The molecule has 1 unspecified atom stereocenters. The van der Waals surface area contributed by atoms with E-state index in [-0.39, 0.29) is 34.6 Å². The molecule has 63 heavy (non-hydrogen) atoms. The normalized spacial score (nSPS) is 21.1. The second kappa shape index (κ2) is 17.8. The summed E-state index contributed by atoms with van der Waals surface area (Å²) in [6.07, 6.45) is 7.03. The summed E-state index contributed by atoms with van der Waals surface area (Å²) in [6, 6.07) is 20.1. The Morgan fingerprint density at radius 2 is 1.60 bits per heavy atom. The smallest absolute Gasteiger partial charge is 0.234 e. The third-order valence-corrected chi connectivity index (χ3v) is 14.6. The average Bonchev–Trinajstić information content (AvgIpc) is 3.97. The van der Waals surface area contributed by atoms with Crippen molar-refractivity contribution in [2.75, 3.05) is 97.0 Å². The number of hydrogen-bond acceptors (Lipinski definition) is 13. The van der Waals surface area contributed by atoms with Crippen molar-refractivity contribution in [1.29, 1.82) is 0 Å². The van der Waals surface area contributed by atoms with Gasteiger partial charge in [0, 0.05) is 88.8 Å². The zero-order valence-corrected chi connectivity index (χ0v) is 37.1. The zero-order chi connectivity index (χ0) is 43.8. The summed E-state index contributed by atoms with van der Waals surface area (Å²) in [5.74, 6) is 0.671. The number of sulfonamides is 1. The summed E-state index contributed by atoms with van der Waals surface area (Å²) in [6.45, 7) is 6.84. The lowest BCUT2D eigenvalue weighted by atomic mass is 9.90. The molecule has 9 rings (SSSR count). The number of fused-ring (bicyclic) bond motifs is 1. The number of anilines is 7. The number of imide groups is 1. The van der Waals surface area contributed by atoms with Crippen LogP contribution in [0.3, 0.4) is 0 Å². The lowest BCUT2D eigenvalue weighted by Crippen LogP contribution is -2.55. The van der Waals surface area contributed by atoms with Gasteiger partial charge in [0.2, 0.25) is 33.7 Å². The largest absolute Gasteiger partial charge is 0.494 e. The minimum Gasteiger partial charge on any atom is -0.494 e. The molecule has 4 aromatic rings. The number of piperidine rings is 2. The van der Waals surface area contributed by atoms with E-state index in [9.17, 15) is 22.8 Å². The molecule has 16 nitrogen and oxygen atoms in total. The van der Waals surface area contributed by atoms with E-state index in [1.807, 2.05) is 54.6 Å². The molecule has 5 aliphatic rings. The van der Waals surface area contributed by atoms with Gasteiger partial charge < -0.3 is 30.1 Å². The third-order valence-electron chi connectivity index (χ3n) is 13.2. The van der Waals surface area contributed by atoms with Crippen LogP contribution in [0, 0.1) is 5.92 Å². The first-order valence-electron chi connectivity index (χ1n) is 21.7. The van der Waals surface area contributed by atoms with Gasteiger partial charge in [-0.1, -0.05) is 35.9 Å². The molecule has 2 atom stereocenters. The molecule has 0 radical (unpaired) electrons. The van der Waals surface area contributed by atoms with Crippen molar-refractivity contribution in [3.05, 3.63) is 83.0 Å². The molecular weight excluding hydrogens is 844 g/mol. The topological polar surface area (TPSA) is 173 Å². The molecule has 18 heteroatoms. The maximum Gasteiger partial charge on any atom is 0.234 e. The van der Waals surface area contributed by atoms with Gasteiger partial charge in [-0.15, -0.1) is 0 Å². The number of halogens is 1. The molecule has 4 saturated heterocycles. The zero-order valence-electron chi connectivity index (χ0n) is 35.6. The van der Waals surface area contributed by atoms with E-state index in [4.69, 9.17) is 16.3 Å². The Bertz CT molecular complexity index is 2510. The van der Waals surface area contributed by atoms with Gasteiger partial charge in [-0.3, -0.25) is 28.9 Å². The number of hydrogen-bond donors (Lipinski definition) is 3. The highest BCUT2D eigenvalue weighted by molar-refractivity contribution is 7.92. The molecule has 332 valence electrons. The molecule has 6 heterocycles. The van der Waals surface area contributed by atoms with Crippen LogP contribution in [0.4, 0.5) is 40.2 Å². The number of ether oxygens (including phenoxy) is 1. The number of carbonyl (C=O) groups is 3. The van der Waals surface area contributed by atoms with Crippen LogP contribution in [0.5, 0.6) is 5.75 Å². The monoisotopic (exact) mass is 896 g/mol. The van der Waals surface area contributed by atoms with Crippen molar-refractivity contribution in [2.24, 2.45) is 5.92 Å². The number of rotatable bonds is 11. The van der Waals surface area contributed by atoms with E-state index in [1.165, 1.54) is 16.8 Å².